The van der Waals surface area contributed by atoms with Gasteiger partial charge in [0.05, 0.1) is 16.5 Å². The first-order valence-electron chi connectivity index (χ1n) is 6.77. The number of hydrogen-bond acceptors (Lipinski definition) is 5. The molecule has 3 rings (SSSR count). The van der Waals surface area contributed by atoms with Crippen LogP contribution in [-0.4, -0.2) is 23.7 Å². The highest BCUT2D eigenvalue weighted by molar-refractivity contribution is 7.22. The highest BCUT2D eigenvalue weighted by atomic mass is 32.1. The number of nitrogens with one attached hydrogen (secondary N) is 1. The number of rotatable bonds is 4. The van der Waals surface area contributed by atoms with Crippen LogP contribution in [0.15, 0.2) is 34.9 Å². The zero-order valence-electron chi connectivity index (χ0n) is 12.3. The minimum absolute atomic E-state index is 0.0863. The first-order valence-corrected chi connectivity index (χ1v) is 7.59. The molecule has 0 saturated heterocycles. The highest BCUT2D eigenvalue weighted by Gasteiger charge is 2.28. The first kappa shape index (κ1) is 16.3. The van der Waals surface area contributed by atoms with Crippen LogP contribution in [0.1, 0.15) is 16.1 Å². The van der Waals surface area contributed by atoms with E-state index in [9.17, 15) is 18.0 Å². The fourth-order valence-electron chi connectivity index (χ4n) is 1.97. The summed E-state index contributed by atoms with van der Waals surface area (Å²) in [6.07, 6.45) is -2.99. The molecule has 9 heteroatoms. The monoisotopic (exact) mass is 356 g/mol. The number of alkyl halides is 3. The lowest BCUT2D eigenvalue weighted by molar-refractivity contribution is -0.153. The van der Waals surface area contributed by atoms with Crippen molar-refractivity contribution < 1.29 is 27.1 Å². The Morgan fingerprint density at radius 1 is 1.38 bits per heavy atom. The van der Waals surface area contributed by atoms with Gasteiger partial charge in [0, 0.05) is 5.56 Å². The van der Waals surface area contributed by atoms with Gasteiger partial charge in [-0.05, 0) is 31.2 Å². The summed E-state index contributed by atoms with van der Waals surface area (Å²) in [6.45, 7) is 0.375. The third kappa shape index (κ3) is 3.67. The van der Waals surface area contributed by atoms with Crippen LogP contribution in [0.2, 0.25) is 0 Å². The predicted molar refractivity (Wildman–Crippen MR) is 82.6 cm³/mol. The number of nitrogens with zero attached hydrogens (tertiary/aromatic N) is 1. The van der Waals surface area contributed by atoms with E-state index in [1.165, 1.54) is 24.5 Å². The molecule has 0 atom stereocenters. The second kappa shape index (κ2) is 6.16. The number of fused-ring (bicyclic) bond motifs is 1. The molecule has 0 radical (unpaired) electrons. The minimum atomic E-state index is -4.40. The number of thiazole rings is 1. The van der Waals surface area contributed by atoms with Gasteiger partial charge >= 0.3 is 6.18 Å². The van der Waals surface area contributed by atoms with E-state index in [1.54, 1.807) is 13.0 Å². The molecule has 0 saturated carbocycles. The maximum atomic E-state index is 12.2. The number of anilines is 1. The normalized spacial score (nSPS) is 11.7. The number of furan rings is 1. The fraction of sp³-hybridized carbons (Fsp3) is 0.200. The van der Waals surface area contributed by atoms with E-state index in [0.717, 1.165) is 11.3 Å². The Balaban J connectivity index is 1.76. The van der Waals surface area contributed by atoms with E-state index in [0.29, 0.717) is 20.9 Å². The lowest BCUT2D eigenvalue weighted by Gasteiger charge is -2.08. The van der Waals surface area contributed by atoms with Crippen molar-refractivity contribution in [2.24, 2.45) is 0 Å². The van der Waals surface area contributed by atoms with E-state index in [4.69, 9.17) is 9.15 Å². The van der Waals surface area contributed by atoms with Gasteiger partial charge in [-0.15, -0.1) is 0 Å². The van der Waals surface area contributed by atoms with Gasteiger partial charge in [-0.25, -0.2) is 4.98 Å². The Bertz CT molecular complexity index is 886. The maximum Gasteiger partial charge on any atom is 0.422 e. The molecule has 1 amide bonds. The third-order valence-corrected chi connectivity index (χ3v) is 3.98. The first-order chi connectivity index (χ1) is 11.3. The summed E-state index contributed by atoms with van der Waals surface area (Å²) in [6, 6.07) is 6.05. The van der Waals surface area contributed by atoms with Crippen molar-refractivity contribution in [3.8, 4) is 5.75 Å². The second-order valence-electron chi connectivity index (χ2n) is 4.94. The molecule has 24 heavy (non-hydrogen) atoms. The molecular formula is C15H11F3N2O3S. The van der Waals surface area contributed by atoms with Crippen molar-refractivity contribution >= 4 is 32.6 Å². The summed E-state index contributed by atoms with van der Waals surface area (Å²) < 4.78 is 46.9. The zero-order valence-corrected chi connectivity index (χ0v) is 13.1. The van der Waals surface area contributed by atoms with Crippen LogP contribution in [0.5, 0.6) is 5.75 Å². The second-order valence-corrected chi connectivity index (χ2v) is 5.97. The number of ether oxygens (including phenoxy) is 1. The lowest BCUT2D eigenvalue weighted by Crippen LogP contribution is -2.19. The molecule has 1 aromatic carbocycles. The summed E-state index contributed by atoms with van der Waals surface area (Å²) >= 11 is 1.13. The van der Waals surface area contributed by atoms with Gasteiger partial charge in [0.1, 0.15) is 5.75 Å². The number of halogens is 3. The van der Waals surface area contributed by atoms with Crippen LogP contribution in [0.25, 0.3) is 10.2 Å². The molecule has 5 nitrogen and oxygen atoms in total. The standard InChI is InChI=1S/C15H11F3N2O3S/c1-8-4-5-22-12(8)13(21)20-14-19-10-3-2-9(6-11(10)24-14)23-7-15(16,17)18/h2-6H,7H2,1H3,(H,19,20,21). The van der Waals surface area contributed by atoms with Crippen molar-refractivity contribution in [1.82, 2.24) is 4.98 Å². The van der Waals surface area contributed by atoms with Gasteiger partial charge in [0.2, 0.25) is 0 Å². The number of hydrogen-bond donors (Lipinski definition) is 1. The van der Waals surface area contributed by atoms with Crippen LogP contribution < -0.4 is 10.1 Å². The summed E-state index contributed by atoms with van der Waals surface area (Å²) in [5.74, 6) is -0.170. The summed E-state index contributed by atoms with van der Waals surface area (Å²) in [5.41, 5.74) is 1.24. The molecule has 1 N–H and O–H groups in total. The van der Waals surface area contributed by atoms with E-state index in [2.05, 4.69) is 10.3 Å². The van der Waals surface area contributed by atoms with Crippen molar-refractivity contribution in [2.75, 3.05) is 11.9 Å². The molecule has 0 aliphatic rings. The number of amides is 1. The zero-order chi connectivity index (χ0) is 17.3. The number of carbonyl (C=O) groups is 1. The maximum absolute atomic E-state index is 12.2. The Kier molecular flexibility index (Phi) is 4.18. The number of aromatic nitrogens is 1. The van der Waals surface area contributed by atoms with Gasteiger partial charge in [0.25, 0.3) is 5.91 Å². The topological polar surface area (TPSA) is 64.4 Å². The Morgan fingerprint density at radius 2 is 2.17 bits per heavy atom. The van der Waals surface area contributed by atoms with Crippen LogP contribution in [-0.2, 0) is 0 Å². The SMILES string of the molecule is Cc1ccoc1C(=O)Nc1nc2ccc(OCC(F)(F)F)cc2s1. The van der Waals surface area contributed by atoms with Crippen molar-refractivity contribution in [3.05, 3.63) is 41.9 Å². The smallest absolute Gasteiger partial charge is 0.422 e. The Morgan fingerprint density at radius 3 is 2.83 bits per heavy atom. The predicted octanol–water partition coefficient (Wildman–Crippen LogP) is 4.39. The molecule has 0 aliphatic carbocycles. The molecule has 3 aromatic rings. The highest BCUT2D eigenvalue weighted by Crippen LogP contribution is 2.30. The van der Waals surface area contributed by atoms with E-state index >= 15 is 0 Å². The molecular weight excluding hydrogens is 345 g/mol. The Labute approximate surface area is 138 Å². The van der Waals surface area contributed by atoms with Crippen LogP contribution >= 0.6 is 11.3 Å². The quantitative estimate of drug-likeness (QED) is 0.753. The molecule has 0 bridgehead atoms. The lowest BCUT2D eigenvalue weighted by atomic mass is 10.3. The molecule has 0 fully saturated rings. The molecule has 2 heterocycles. The van der Waals surface area contributed by atoms with E-state index in [-0.39, 0.29) is 11.5 Å². The fourth-order valence-corrected chi connectivity index (χ4v) is 2.86. The number of aryl methyl sites for hydroxylation is 1. The van der Waals surface area contributed by atoms with Crippen LogP contribution in [0.3, 0.4) is 0 Å². The van der Waals surface area contributed by atoms with Gasteiger partial charge in [-0.1, -0.05) is 11.3 Å². The molecule has 0 unspecified atom stereocenters. The van der Waals surface area contributed by atoms with Gasteiger partial charge < -0.3 is 9.15 Å². The Hall–Kier alpha value is -2.55. The average molecular weight is 356 g/mol. The number of carbonyl (C=O) groups excluding carboxylic acids is 1. The summed E-state index contributed by atoms with van der Waals surface area (Å²) in [7, 11) is 0. The van der Waals surface area contributed by atoms with Gasteiger partial charge in [-0.3, -0.25) is 10.1 Å². The van der Waals surface area contributed by atoms with Crippen LogP contribution in [0.4, 0.5) is 18.3 Å². The molecule has 0 spiro atoms. The largest absolute Gasteiger partial charge is 0.484 e. The van der Waals surface area contributed by atoms with Crippen molar-refractivity contribution in [1.29, 1.82) is 0 Å². The summed E-state index contributed by atoms with van der Waals surface area (Å²) in [4.78, 5) is 16.3. The molecule has 0 aliphatic heterocycles. The van der Waals surface area contributed by atoms with Gasteiger partial charge in [0.15, 0.2) is 17.5 Å². The summed E-state index contributed by atoms with van der Waals surface area (Å²) in [5, 5.41) is 2.92. The van der Waals surface area contributed by atoms with Crippen molar-refractivity contribution in [2.45, 2.75) is 13.1 Å². The third-order valence-electron chi connectivity index (χ3n) is 3.05. The molecule has 2 aromatic heterocycles. The van der Waals surface area contributed by atoms with E-state index in [1.807, 2.05) is 0 Å². The van der Waals surface area contributed by atoms with Crippen LogP contribution in [0, 0.1) is 6.92 Å². The minimum Gasteiger partial charge on any atom is -0.484 e. The van der Waals surface area contributed by atoms with E-state index < -0.39 is 18.7 Å². The van der Waals surface area contributed by atoms with Crippen molar-refractivity contribution in [3.63, 3.8) is 0 Å². The average Bonchev–Trinajstić information content (AvgIpc) is 3.09. The van der Waals surface area contributed by atoms with Gasteiger partial charge in [-0.2, -0.15) is 13.2 Å². The molecule has 126 valence electrons. The number of benzene rings is 1.